The van der Waals surface area contributed by atoms with Crippen LogP contribution in [0.2, 0.25) is 0 Å². The molecule has 0 spiro atoms. The molecule has 0 saturated carbocycles. The Hall–Kier alpha value is -1.73. The van der Waals surface area contributed by atoms with Gasteiger partial charge >= 0.3 is 8.25 Å². The molecule has 0 aromatic heterocycles. The van der Waals surface area contributed by atoms with E-state index in [-0.39, 0.29) is 0 Å². The first kappa shape index (κ1) is 50.4. The zero-order valence-corrected chi connectivity index (χ0v) is 38.2. The maximum atomic E-state index is 12.6. The quantitative estimate of drug-likeness (QED) is 0.0496. The fourth-order valence-electron chi connectivity index (χ4n) is 8.12. The van der Waals surface area contributed by atoms with Crippen LogP contribution in [-0.4, -0.2) is 0 Å². The standard InChI is InChI=1S/C52H91O3P/c1-3-5-7-9-11-13-15-17-19-21-23-25-27-29-31-33-35-37-39-49-41-45-51(46-42-49)54-56(53)55-52-47-43-50(44-48-52)40-38-36-34-32-30-28-26-24-22-20-18-16-14-12-10-8-6-4-2/h41-48,56H,3-40H2,1-2H3. The maximum Gasteiger partial charge on any atom is 0.418 e. The molecular weight excluding hydrogens is 704 g/mol. The Labute approximate surface area is 349 Å². The SMILES string of the molecule is CCCCCCCCCCCCCCCCCCCCc1ccc(O[PH](=O)Oc2ccc(CCCCCCCCCCCCCCCCCCCC)cc2)cc1. The van der Waals surface area contributed by atoms with Gasteiger partial charge in [-0.3, -0.25) is 0 Å². The lowest BCUT2D eigenvalue weighted by atomic mass is 10.0. The van der Waals surface area contributed by atoms with E-state index in [1.54, 1.807) is 0 Å². The molecule has 0 atom stereocenters. The Bertz CT molecular complexity index is 1030. The lowest BCUT2D eigenvalue weighted by Crippen LogP contribution is -1.91. The van der Waals surface area contributed by atoms with E-state index in [4.69, 9.17) is 9.05 Å². The lowest BCUT2D eigenvalue weighted by molar-refractivity contribution is 0.415. The molecular formula is C52H91O3P. The fraction of sp³-hybridized carbons (Fsp3) is 0.769. The van der Waals surface area contributed by atoms with Gasteiger partial charge in [0.05, 0.1) is 0 Å². The van der Waals surface area contributed by atoms with E-state index in [0.29, 0.717) is 11.5 Å². The molecule has 0 N–H and O–H groups in total. The summed E-state index contributed by atoms with van der Waals surface area (Å²) in [6, 6.07) is 16.1. The van der Waals surface area contributed by atoms with Crippen molar-refractivity contribution in [1.82, 2.24) is 0 Å². The van der Waals surface area contributed by atoms with Gasteiger partial charge in [0.2, 0.25) is 0 Å². The Morgan fingerprint density at radius 1 is 0.304 bits per heavy atom. The van der Waals surface area contributed by atoms with E-state index in [2.05, 4.69) is 38.1 Å². The first-order chi connectivity index (χ1) is 27.7. The molecule has 0 radical (unpaired) electrons. The van der Waals surface area contributed by atoms with Gasteiger partial charge in [0.1, 0.15) is 11.5 Å². The molecule has 56 heavy (non-hydrogen) atoms. The van der Waals surface area contributed by atoms with Gasteiger partial charge in [0, 0.05) is 0 Å². The summed E-state index contributed by atoms with van der Waals surface area (Å²) in [6.45, 7) is 4.59. The highest BCUT2D eigenvalue weighted by atomic mass is 31.1. The number of hydrogen-bond donors (Lipinski definition) is 0. The van der Waals surface area contributed by atoms with Gasteiger partial charge in [-0.2, -0.15) is 0 Å². The van der Waals surface area contributed by atoms with E-state index >= 15 is 0 Å². The summed E-state index contributed by atoms with van der Waals surface area (Å²) in [6.07, 6.45) is 52.8. The van der Waals surface area contributed by atoms with Gasteiger partial charge in [0.15, 0.2) is 0 Å². The van der Waals surface area contributed by atoms with Crippen molar-refractivity contribution >= 4 is 8.25 Å². The minimum atomic E-state index is -2.66. The Morgan fingerprint density at radius 2 is 0.500 bits per heavy atom. The molecule has 3 nitrogen and oxygen atoms in total. The van der Waals surface area contributed by atoms with Gasteiger partial charge in [-0.05, 0) is 61.1 Å². The first-order valence-electron chi connectivity index (χ1n) is 24.8. The predicted molar refractivity (Wildman–Crippen MR) is 248 cm³/mol. The zero-order valence-electron chi connectivity index (χ0n) is 37.2. The molecule has 0 saturated heterocycles. The third-order valence-electron chi connectivity index (χ3n) is 11.9. The number of benzene rings is 2. The molecule has 0 aliphatic heterocycles. The normalized spacial score (nSPS) is 11.5. The summed E-state index contributed by atoms with van der Waals surface area (Å²) in [5, 5.41) is 0. The Balaban J connectivity index is 1.37. The van der Waals surface area contributed by atoms with E-state index in [9.17, 15) is 4.57 Å². The topological polar surface area (TPSA) is 35.5 Å². The molecule has 0 fully saturated rings. The van der Waals surface area contributed by atoms with Crippen LogP contribution >= 0.6 is 8.25 Å². The Morgan fingerprint density at radius 3 is 0.714 bits per heavy atom. The monoisotopic (exact) mass is 795 g/mol. The molecule has 2 aromatic rings. The van der Waals surface area contributed by atoms with Crippen molar-refractivity contribution < 1.29 is 13.6 Å². The largest absolute Gasteiger partial charge is 0.418 e. The van der Waals surface area contributed by atoms with Gasteiger partial charge in [-0.1, -0.05) is 256 Å². The molecule has 2 rings (SSSR count). The molecule has 2 aromatic carbocycles. The highest BCUT2D eigenvalue weighted by Crippen LogP contribution is 2.31. The highest BCUT2D eigenvalue weighted by Gasteiger charge is 2.06. The second-order valence-corrected chi connectivity index (χ2v) is 18.2. The molecule has 0 heterocycles. The molecule has 0 aliphatic carbocycles. The van der Waals surface area contributed by atoms with Gasteiger partial charge in [-0.25, -0.2) is 4.57 Å². The second-order valence-electron chi connectivity index (χ2n) is 17.3. The maximum absolute atomic E-state index is 12.6. The molecule has 0 amide bonds. The summed E-state index contributed by atoms with van der Waals surface area (Å²) in [5.41, 5.74) is 2.64. The lowest BCUT2D eigenvalue weighted by Gasteiger charge is -2.09. The van der Waals surface area contributed by atoms with Crippen LogP contribution in [-0.2, 0) is 17.4 Å². The molecule has 0 unspecified atom stereocenters. The van der Waals surface area contributed by atoms with Crippen molar-refractivity contribution in [2.24, 2.45) is 0 Å². The summed E-state index contributed by atoms with van der Waals surface area (Å²) in [5.74, 6) is 1.22. The number of aryl methyl sites for hydroxylation is 2. The van der Waals surface area contributed by atoms with Crippen LogP contribution in [0.3, 0.4) is 0 Å². The smallest absolute Gasteiger partial charge is 0.418 e. The van der Waals surface area contributed by atoms with Crippen LogP contribution in [0.1, 0.15) is 256 Å². The van der Waals surface area contributed by atoms with Gasteiger partial charge < -0.3 is 9.05 Å². The number of rotatable bonds is 42. The molecule has 322 valence electrons. The molecule has 0 bridgehead atoms. The number of hydrogen-bond acceptors (Lipinski definition) is 3. The van der Waals surface area contributed by atoms with Crippen molar-refractivity contribution in [3.05, 3.63) is 59.7 Å². The van der Waals surface area contributed by atoms with Crippen molar-refractivity contribution in [3.63, 3.8) is 0 Å². The van der Waals surface area contributed by atoms with Crippen LogP contribution in [0.25, 0.3) is 0 Å². The third kappa shape index (κ3) is 31.3. The van der Waals surface area contributed by atoms with Gasteiger partial charge in [0.25, 0.3) is 0 Å². The van der Waals surface area contributed by atoms with E-state index in [0.717, 1.165) is 12.8 Å². The summed E-state index contributed by atoms with van der Waals surface area (Å²) in [7, 11) is -2.66. The van der Waals surface area contributed by atoms with Gasteiger partial charge in [-0.15, -0.1) is 0 Å². The number of unbranched alkanes of at least 4 members (excludes halogenated alkanes) is 34. The second kappa shape index (κ2) is 38.8. The van der Waals surface area contributed by atoms with Crippen molar-refractivity contribution in [1.29, 1.82) is 0 Å². The summed E-state index contributed by atoms with van der Waals surface area (Å²) in [4.78, 5) is 0. The highest BCUT2D eigenvalue weighted by molar-refractivity contribution is 7.34. The minimum absolute atomic E-state index is 0.612. The van der Waals surface area contributed by atoms with Crippen molar-refractivity contribution in [2.45, 2.75) is 258 Å². The fourth-order valence-corrected chi connectivity index (χ4v) is 8.82. The van der Waals surface area contributed by atoms with E-state index < -0.39 is 8.25 Å². The molecule has 0 aliphatic rings. The van der Waals surface area contributed by atoms with Crippen LogP contribution in [0.4, 0.5) is 0 Å². The Kier molecular flexibility index (Phi) is 34.9. The molecule has 4 heteroatoms. The average molecular weight is 795 g/mol. The van der Waals surface area contributed by atoms with Crippen LogP contribution in [0, 0.1) is 0 Å². The van der Waals surface area contributed by atoms with Crippen molar-refractivity contribution in [3.8, 4) is 11.5 Å². The van der Waals surface area contributed by atoms with Crippen LogP contribution in [0.15, 0.2) is 48.5 Å². The van der Waals surface area contributed by atoms with Crippen LogP contribution < -0.4 is 9.05 Å². The van der Waals surface area contributed by atoms with Crippen LogP contribution in [0.5, 0.6) is 11.5 Å². The van der Waals surface area contributed by atoms with E-state index in [1.807, 2.05) is 24.3 Å². The third-order valence-corrected chi connectivity index (χ3v) is 12.7. The van der Waals surface area contributed by atoms with E-state index in [1.165, 1.54) is 242 Å². The zero-order chi connectivity index (χ0) is 39.8. The first-order valence-corrected chi connectivity index (χ1v) is 26.0. The predicted octanol–water partition coefficient (Wildman–Crippen LogP) is 18.7. The van der Waals surface area contributed by atoms with Crippen molar-refractivity contribution in [2.75, 3.05) is 0 Å². The summed E-state index contributed by atoms with van der Waals surface area (Å²) < 4.78 is 23.9. The summed E-state index contributed by atoms with van der Waals surface area (Å²) >= 11 is 0. The average Bonchev–Trinajstić information content (AvgIpc) is 3.21. The minimum Gasteiger partial charge on any atom is -0.418 e.